The van der Waals surface area contributed by atoms with E-state index in [0.717, 1.165) is 17.2 Å². The summed E-state index contributed by atoms with van der Waals surface area (Å²) in [5.74, 6) is 0.678. The maximum Gasteiger partial charge on any atom is 0.299 e. The molecule has 0 N–H and O–H groups in total. The number of hydrogen-bond donors (Lipinski definition) is 0. The minimum atomic E-state index is -0.652. The Kier molecular flexibility index (Phi) is 4.98. The summed E-state index contributed by atoms with van der Waals surface area (Å²) in [4.78, 5) is 22.5. The lowest BCUT2D eigenvalue weighted by atomic mass is 10.1. The Morgan fingerprint density at radius 2 is 1.79 bits per heavy atom. The van der Waals surface area contributed by atoms with E-state index in [1.54, 1.807) is 19.1 Å². The van der Waals surface area contributed by atoms with Gasteiger partial charge in [-0.2, -0.15) is 0 Å². The monoisotopic (exact) mass is 331 g/mol. The molecule has 0 fully saturated rings. The molecule has 0 aromatic heterocycles. The van der Waals surface area contributed by atoms with Gasteiger partial charge in [0, 0.05) is 25.2 Å². The van der Waals surface area contributed by atoms with E-state index in [2.05, 4.69) is 0 Å². The number of non-ortho nitro benzene ring substituents is 1. The standard InChI is InChI=1S/C16H17N3O5/c1-11-4-7-16(24-3)12(8-11)10-17(2)14-6-5-13(18(20)21)9-15(14)19(22)23/h4-9H,10H2,1-3H3. The minimum Gasteiger partial charge on any atom is -0.496 e. The molecule has 0 aliphatic carbocycles. The van der Waals surface area contributed by atoms with Gasteiger partial charge in [-0.15, -0.1) is 0 Å². The third-order valence-electron chi connectivity index (χ3n) is 3.62. The van der Waals surface area contributed by atoms with Crippen LogP contribution in [0.15, 0.2) is 36.4 Å². The second-order valence-corrected chi connectivity index (χ2v) is 5.36. The predicted octanol–water partition coefficient (Wildman–Crippen LogP) is 3.46. The molecule has 24 heavy (non-hydrogen) atoms. The number of nitro groups is 2. The van der Waals surface area contributed by atoms with Crippen molar-refractivity contribution in [3.8, 4) is 5.75 Å². The normalized spacial score (nSPS) is 10.3. The third-order valence-corrected chi connectivity index (χ3v) is 3.62. The van der Waals surface area contributed by atoms with Gasteiger partial charge in [-0.25, -0.2) is 0 Å². The van der Waals surface area contributed by atoms with Gasteiger partial charge >= 0.3 is 0 Å². The summed E-state index contributed by atoms with van der Waals surface area (Å²) in [6.07, 6.45) is 0. The van der Waals surface area contributed by atoms with Gasteiger partial charge < -0.3 is 9.64 Å². The topological polar surface area (TPSA) is 98.8 Å². The minimum absolute atomic E-state index is 0.300. The Labute approximate surface area is 138 Å². The molecule has 0 unspecified atom stereocenters. The lowest BCUT2D eigenvalue weighted by Gasteiger charge is -2.21. The fourth-order valence-electron chi connectivity index (χ4n) is 2.47. The Morgan fingerprint density at radius 3 is 2.38 bits per heavy atom. The first kappa shape index (κ1) is 17.2. The van der Waals surface area contributed by atoms with Crippen LogP contribution in [0, 0.1) is 27.2 Å². The fraction of sp³-hybridized carbons (Fsp3) is 0.250. The Balaban J connectivity index is 2.39. The Bertz CT molecular complexity index is 791. The van der Waals surface area contributed by atoms with E-state index in [1.165, 1.54) is 12.1 Å². The van der Waals surface area contributed by atoms with Crippen LogP contribution in [0.25, 0.3) is 0 Å². The molecule has 0 saturated carbocycles. The molecular weight excluding hydrogens is 314 g/mol. The van der Waals surface area contributed by atoms with Crippen molar-refractivity contribution < 1.29 is 14.6 Å². The number of benzene rings is 2. The van der Waals surface area contributed by atoms with Crippen LogP contribution in [0.5, 0.6) is 5.75 Å². The van der Waals surface area contributed by atoms with Crippen molar-refractivity contribution in [2.75, 3.05) is 19.1 Å². The van der Waals surface area contributed by atoms with Crippen molar-refractivity contribution in [1.29, 1.82) is 0 Å². The number of rotatable bonds is 6. The highest BCUT2D eigenvalue weighted by molar-refractivity contribution is 5.66. The lowest BCUT2D eigenvalue weighted by molar-refractivity contribution is -0.393. The molecule has 0 atom stereocenters. The smallest absolute Gasteiger partial charge is 0.299 e. The van der Waals surface area contributed by atoms with Gasteiger partial charge in [0.05, 0.1) is 23.0 Å². The maximum absolute atomic E-state index is 11.3. The number of ether oxygens (including phenoxy) is 1. The number of nitrogens with zero attached hydrogens (tertiary/aromatic N) is 3. The van der Waals surface area contributed by atoms with Crippen molar-refractivity contribution in [3.05, 3.63) is 67.8 Å². The van der Waals surface area contributed by atoms with Crippen LogP contribution in [0.3, 0.4) is 0 Å². The molecule has 0 bridgehead atoms. The third kappa shape index (κ3) is 3.60. The average molecular weight is 331 g/mol. The van der Waals surface area contributed by atoms with Crippen molar-refractivity contribution in [3.63, 3.8) is 0 Å². The van der Waals surface area contributed by atoms with Crippen LogP contribution < -0.4 is 9.64 Å². The van der Waals surface area contributed by atoms with Crippen LogP contribution >= 0.6 is 0 Å². The summed E-state index contributed by atoms with van der Waals surface area (Å²) in [7, 11) is 3.25. The molecule has 8 nitrogen and oxygen atoms in total. The zero-order valence-electron chi connectivity index (χ0n) is 13.6. The summed E-state index contributed by atoms with van der Waals surface area (Å²) < 4.78 is 5.32. The van der Waals surface area contributed by atoms with Crippen molar-refractivity contribution in [2.24, 2.45) is 0 Å². The van der Waals surface area contributed by atoms with Crippen LogP contribution in [0.2, 0.25) is 0 Å². The summed E-state index contributed by atoms with van der Waals surface area (Å²) in [5.41, 5.74) is 1.59. The number of hydrogen-bond acceptors (Lipinski definition) is 6. The number of aryl methyl sites for hydroxylation is 1. The molecule has 2 rings (SSSR count). The van der Waals surface area contributed by atoms with Crippen LogP contribution in [0.1, 0.15) is 11.1 Å². The van der Waals surface area contributed by atoms with Crippen molar-refractivity contribution in [1.82, 2.24) is 0 Å². The number of nitro benzene ring substituents is 2. The van der Waals surface area contributed by atoms with Gasteiger partial charge in [-0.05, 0) is 19.1 Å². The van der Waals surface area contributed by atoms with Gasteiger partial charge in [0.25, 0.3) is 11.4 Å². The van der Waals surface area contributed by atoms with Crippen molar-refractivity contribution >= 4 is 17.1 Å². The molecule has 2 aromatic carbocycles. The molecular formula is C16H17N3O5. The quantitative estimate of drug-likeness (QED) is 0.594. The molecule has 0 spiro atoms. The zero-order chi connectivity index (χ0) is 17.9. The van der Waals surface area contributed by atoms with Crippen LogP contribution in [-0.2, 0) is 6.54 Å². The first-order chi connectivity index (χ1) is 11.3. The van der Waals surface area contributed by atoms with Gasteiger partial charge in [0.1, 0.15) is 11.4 Å². The molecule has 0 saturated heterocycles. The highest BCUT2D eigenvalue weighted by Gasteiger charge is 2.22. The highest BCUT2D eigenvalue weighted by Crippen LogP contribution is 2.33. The largest absolute Gasteiger partial charge is 0.496 e. The molecule has 8 heteroatoms. The van der Waals surface area contributed by atoms with E-state index in [9.17, 15) is 20.2 Å². The second kappa shape index (κ2) is 6.95. The zero-order valence-corrected chi connectivity index (χ0v) is 13.6. The number of methoxy groups -OCH3 is 1. The summed E-state index contributed by atoms with van der Waals surface area (Å²) in [5, 5.41) is 22.1. The Morgan fingerprint density at radius 1 is 1.08 bits per heavy atom. The summed E-state index contributed by atoms with van der Waals surface area (Å²) in [6, 6.07) is 9.30. The van der Waals surface area contributed by atoms with E-state index in [1.807, 2.05) is 25.1 Å². The SMILES string of the molecule is COc1ccc(C)cc1CN(C)c1ccc([N+](=O)[O-])cc1[N+](=O)[O-]. The van der Waals surface area contributed by atoms with Gasteiger partial charge in [0.15, 0.2) is 0 Å². The summed E-state index contributed by atoms with van der Waals surface area (Å²) >= 11 is 0. The van der Waals surface area contributed by atoms with Gasteiger partial charge in [-0.1, -0.05) is 17.7 Å². The van der Waals surface area contributed by atoms with Gasteiger partial charge in [-0.3, -0.25) is 20.2 Å². The molecule has 0 aliphatic heterocycles. The van der Waals surface area contributed by atoms with Gasteiger partial charge in [0.2, 0.25) is 0 Å². The van der Waals surface area contributed by atoms with E-state index >= 15 is 0 Å². The first-order valence-corrected chi connectivity index (χ1v) is 7.11. The molecule has 0 amide bonds. The van der Waals surface area contributed by atoms with E-state index < -0.39 is 9.85 Å². The van der Waals surface area contributed by atoms with E-state index in [0.29, 0.717) is 18.0 Å². The molecule has 0 aliphatic rings. The highest BCUT2D eigenvalue weighted by atomic mass is 16.6. The van der Waals surface area contributed by atoms with Crippen LogP contribution in [0.4, 0.5) is 17.1 Å². The van der Waals surface area contributed by atoms with Crippen molar-refractivity contribution in [2.45, 2.75) is 13.5 Å². The summed E-state index contributed by atoms with van der Waals surface area (Å²) in [6.45, 7) is 2.31. The maximum atomic E-state index is 11.3. The molecule has 2 aromatic rings. The fourth-order valence-corrected chi connectivity index (χ4v) is 2.47. The molecule has 0 heterocycles. The van der Waals surface area contributed by atoms with E-state index in [4.69, 9.17) is 4.74 Å². The second-order valence-electron chi connectivity index (χ2n) is 5.36. The predicted molar refractivity (Wildman–Crippen MR) is 89.6 cm³/mol. The Hall–Kier alpha value is -3.16. The lowest BCUT2D eigenvalue weighted by Crippen LogP contribution is -2.18. The average Bonchev–Trinajstić information content (AvgIpc) is 2.54. The first-order valence-electron chi connectivity index (χ1n) is 7.11. The number of anilines is 1. The molecule has 0 radical (unpaired) electrons. The van der Waals surface area contributed by atoms with Crippen LogP contribution in [-0.4, -0.2) is 24.0 Å². The van der Waals surface area contributed by atoms with E-state index in [-0.39, 0.29) is 11.4 Å². The molecule has 126 valence electrons.